The molecular weight excluding hydrogens is 462 g/mol. The van der Waals surface area contributed by atoms with Crippen molar-refractivity contribution in [3.8, 4) is 17.2 Å². The monoisotopic (exact) mass is 479 g/mol. The first-order chi connectivity index (χ1) is 16.1. The minimum Gasteiger partial charge on any atom is -0.404 e. The standard InChI is InChI=1S/C24H17F6N2O2/c25-23(26,27)33-21-7-3-1-5-19(21)31-13-9-17(10-14-31)18-11-15-32(16-12-18)20-6-2-4-8-22(20)34-24(28,29)30/h1-15H,16H2/q+1. The zero-order valence-electron chi connectivity index (χ0n) is 17.3. The Morgan fingerprint density at radius 1 is 0.735 bits per heavy atom. The highest BCUT2D eigenvalue weighted by Crippen LogP contribution is 2.34. The van der Waals surface area contributed by atoms with E-state index in [1.54, 1.807) is 53.8 Å². The molecule has 0 atom stereocenters. The summed E-state index contributed by atoms with van der Waals surface area (Å²) in [5, 5.41) is 0. The summed E-state index contributed by atoms with van der Waals surface area (Å²) in [6, 6.07) is 15.0. The number of anilines is 1. The number of hydrogen-bond donors (Lipinski definition) is 0. The van der Waals surface area contributed by atoms with Gasteiger partial charge in [-0.25, -0.2) is 0 Å². The average Bonchev–Trinajstić information content (AvgIpc) is 2.78. The molecule has 34 heavy (non-hydrogen) atoms. The topological polar surface area (TPSA) is 25.6 Å². The molecule has 1 aliphatic heterocycles. The van der Waals surface area contributed by atoms with Crippen LogP contribution >= 0.6 is 0 Å². The lowest BCUT2D eigenvalue weighted by Gasteiger charge is -2.25. The van der Waals surface area contributed by atoms with Crippen molar-refractivity contribution in [2.75, 3.05) is 11.4 Å². The van der Waals surface area contributed by atoms with Gasteiger partial charge in [-0.2, -0.15) is 4.57 Å². The highest BCUT2D eigenvalue weighted by molar-refractivity contribution is 5.77. The SMILES string of the molecule is FC(F)(F)Oc1ccccc1N1C=CC(c2cc[n+](-c3ccccc3OC(F)(F)F)cc2)=CC1. The largest absolute Gasteiger partial charge is 0.573 e. The molecule has 10 heteroatoms. The van der Waals surface area contributed by atoms with Gasteiger partial charge in [0.1, 0.15) is 0 Å². The zero-order valence-corrected chi connectivity index (χ0v) is 17.3. The number of allylic oxidation sites excluding steroid dienone is 2. The van der Waals surface area contributed by atoms with E-state index in [1.807, 2.05) is 6.08 Å². The van der Waals surface area contributed by atoms with Crippen LogP contribution in [0.3, 0.4) is 0 Å². The van der Waals surface area contributed by atoms with Crippen molar-refractivity contribution >= 4 is 11.3 Å². The van der Waals surface area contributed by atoms with Gasteiger partial charge in [-0.15, -0.1) is 26.3 Å². The maximum Gasteiger partial charge on any atom is 0.573 e. The van der Waals surface area contributed by atoms with Crippen molar-refractivity contribution in [1.29, 1.82) is 0 Å². The van der Waals surface area contributed by atoms with Gasteiger partial charge in [0, 0.05) is 30.9 Å². The van der Waals surface area contributed by atoms with Crippen molar-refractivity contribution in [3.05, 3.63) is 97.0 Å². The fraction of sp³-hybridized carbons (Fsp3) is 0.125. The Hall–Kier alpha value is -3.95. The number of halogens is 6. The molecule has 0 saturated heterocycles. The van der Waals surface area contributed by atoms with Crippen LogP contribution in [0.5, 0.6) is 11.5 Å². The third kappa shape index (κ3) is 5.69. The van der Waals surface area contributed by atoms with Crippen LogP contribution in [-0.4, -0.2) is 19.3 Å². The van der Waals surface area contributed by atoms with Crippen LogP contribution in [0.4, 0.5) is 32.0 Å². The second-order valence-corrected chi connectivity index (χ2v) is 7.15. The van der Waals surface area contributed by atoms with Crippen LogP contribution in [-0.2, 0) is 0 Å². The van der Waals surface area contributed by atoms with Gasteiger partial charge in [0.05, 0.1) is 5.69 Å². The molecule has 0 spiro atoms. The molecule has 2 aromatic carbocycles. The maximum absolute atomic E-state index is 12.7. The summed E-state index contributed by atoms with van der Waals surface area (Å²) in [6.45, 7) is 0.293. The highest BCUT2D eigenvalue weighted by Gasteiger charge is 2.34. The summed E-state index contributed by atoms with van der Waals surface area (Å²) >= 11 is 0. The first-order valence-electron chi connectivity index (χ1n) is 9.96. The normalized spacial score (nSPS) is 14.1. The lowest BCUT2D eigenvalue weighted by atomic mass is 10.0. The van der Waals surface area contributed by atoms with E-state index in [2.05, 4.69) is 9.47 Å². The Labute approximate surface area is 190 Å². The van der Waals surface area contributed by atoms with Gasteiger partial charge >= 0.3 is 12.7 Å². The van der Waals surface area contributed by atoms with Crippen molar-refractivity contribution in [3.63, 3.8) is 0 Å². The molecule has 0 radical (unpaired) electrons. The Morgan fingerprint density at radius 3 is 1.94 bits per heavy atom. The summed E-state index contributed by atoms with van der Waals surface area (Å²) in [5.74, 6) is -0.642. The molecule has 0 N–H and O–H groups in total. The van der Waals surface area contributed by atoms with E-state index < -0.39 is 12.7 Å². The molecule has 0 amide bonds. The van der Waals surface area contributed by atoms with E-state index in [1.165, 1.54) is 41.0 Å². The molecule has 176 valence electrons. The van der Waals surface area contributed by atoms with Crippen LogP contribution < -0.4 is 18.9 Å². The van der Waals surface area contributed by atoms with Gasteiger partial charge < -0.3 is 14.4 Å². The first kappa shape index (κ1) is 23.2. The molecule has 0 aliphatic carbocycles. The van der Waals surface area contributed by atoms with Crippen LogP contribution in [0.25, 0.3) is 11.3 Å². The lowest BCUT2D eigenvalue weighted by Crippen LogP contribution is -2.31. The first-order valence-corrected chi connectivity index (χ1v) is 9.96. The van der Waals surface area contributed by atoms with Crippen molar-refractivity contribution in [2.45, 2.75) is 12.7 Å². The number of benzene rings is 2. The molecular formula is C24H17F6N2O2+. The van der Waals surface area contributed by atoms with Gasteiger partial charge in [-0.3, -0.25) is 0 Å². The van der Waals surface area contributed by atoms with Gasteiger partial charge in [0.15, 0.2) is 18.1 Å². The van der Waals surface area contributed by atoms with Crippen molar-refractivity contribution in [1.82, 2.24) is 0 Å². The summed E-state index contributed by atoms with van der Waals surface area (Å²) in [7, 11) is 0. The Bertz CT molecular complexity index is 1220. The number of nitrogens with zero attached hydrogens (tertiary/aromatic N) is 2. The van der Waals surface area contributed by atoms with Crippen LogP contribution in [0.15, 0.2) is 91.4 Å². The Morgan fingerprint density at radius 2 is 1.32 bits per heavy atom. The van der Waals surface area contributed by atoms with Crippen LogP contribution in [0.2, 0.25) is 0 Å². The third-order valence-corrected chi connectivity index (χ3v) is 4.87. The number of ether oxygens (including phenoxy) is 2. The number of alkyl halides is 6. The molecule has 4 nitrogen and oxygen atoms in total. The van der Waals surface area contributed by atoms with E-state index in [9.17, 15) is 26.3 Å². The molecule has 2 heterocycles. The third-order valence-electron chi connectivity index (χ3n) is 4.87. The molecule has 0 unspecified atom stereocenters. The second-order valence-electron chi connectivity index (χ2n) is 7.15. The summed E-state index contributed by atoms with van der Waals surface area (Å²) in [6.07, 6.45) is -1.23. The van der Waals surface area contributed by atoms with Crippen LogP contribution in [0, 0.1) is 0 Å². The fourth-order valence-corrected chi connectivity index (χ4v) is 3.45. The molecule has 3 aromatic rings. The molecule has 0 bridgehead atoms. The van der Waals surface area contributed by atoms with Crippen molar-refractivity contribution in [2.24, 2.45) is 0 Å². The number of para-hydroxylation sites is 4. The number of rotatable bonds is 5. The lowest BCUT2D eigenvalue weighted by molar-refractivity contribution is -0.596. The van der Waals surface area contributed by atoms with Gasteiger partial charge in [0.2, 0.25) is 5.75 Å². The second kappa shape index (κ2) is 9.12. The smallest absolute Gasteiger partial charge is 0.404 e. The number of hydrogen-bond acceptors (Lipinski definition) is 3. The van der Waals surface area contributed by atoms with E-state index in [-0.39, 0.29) is 22.9 Å². The quantitative estimate of drug-likeness (QED) is 0.323. The predicted octanol–water partition coefficient (Wildman–Crippen LogP) is 6.18. The minimum absolute atomic E-state index is 0.215. The Kier molecular flexibility index (Phi) is 6.23. The predicted molar refractivity (Wildman–Crippen MR) is 112 cm³/mol. The number of pyridine rings is 1. The zero-order chi connectivity index (χ0) is 24.3. The molecule has 1 aliphatic rings. The van der Waals surface area contributed by atoms with Gasteiger partial charge in [-0.05, 0) is 35.4 Å². The summed E-state index contributed by atoms with van der Waals surface area (Å²) in [5.41, 5.74) is 2.06. The van der Waals surface area contributed by atoms with E-state index >= 15 is 0 Å². The molecule has 0 saturated carbocycles. The molecule has 4 rings (SSSR count). The minimum atomic E-state index is -4.82. The maximum atomic E-state index is 12.7. The van der Waals surface area contributed by atoms with Crippen LogP contribution in [0.1, 0.15) is 5.56 Å². The van der Waals surface area contributed by atoms with Gasteiger partial charge in [0.25, 0.3) is 5.69 Å². The summed E-state index contributed by atoms with van der Waals surface area (Å²) < 4.78 is 85.9. The van der Waals surface area contributed by atoms with E-state index in [0.29, 0.717) is 6.54 Å². The summed E-state index contributed by atoms with van der Waals surface area (Å²) in [4.78, 5) is 1.61. The Balaban J connectivity index is 1.51. The highest BCUT2D eigenvalue weighted by atomic mass is 19.4. The van der Waals surface area contributed by atoms with Gasteiger partial charge in [-0.1, -0.05) is 30.3 Å². The molecule has 1 aromatic heterocycles. The average molecular weight is 479 g/mol. The fourth-order valence-electron chi connectivity index (χ4n) is 3.45. The molecule has 0 fully saturated rings. The van der Waals surface area contributed by atoms with E-state index in [0.717, 1.165) is 11.1 Å². The van der Waals surface area contributed by atoms with Crippen molar-refractivity contribution < 1.29 is 40.4 Å². The number of aromatic nitrogens is 1. The van der Waals surface area contributed by atoms with E-state index in [4.69, 9.17) is 0 Å².